The lowest BCUT2D eigenvalue weighted by Crippen LogP contribution is -2.25. The molecule has 0 bridgehead atoms. The molecule has 0 heterocycles. The lowest BCUT2D eigenvalue weighted by molar-refractivity contribution is 0.202. The molecule has 0 aromatic heterocycles. The molecule has 0 aliphatic carbocycles. The molecule has 1 atom stereocenters. The van der Waals surface area contributed by atoms with Crippen LogP contribution in [0.5, 0.6) is 0 Å². The van der Waals surface area contributed by atoms with Crippen molar-refractivity contribution in [3.63, 3.8) is 0 Å². The van der Waals surface area contributed by atoms with Crippen LogP contribution in [0.1, 0.15) is 58.4 Å². The molecular weight excluding hydrogens is 180 g/mol. The molecule has 0 saturated carbocycles. The molecule has 0 spiro atoms. The zero-order valence-corrected chi connectivity index (χ0v) is 10.6. The number of benzene rings is 1. The van der Waals surface area contributed by atoms with Crippen LogP contribution in [-0.4, -0.2) is 0 Å². The van der Waals surface area contributed by atoms with E-state index in [1.165, 1.54) is 24.8 Å². The summed E-state index contributed by atoms with van der Waals surface area (Å²) in [6.07, 6.45) is 3.82. The summed E-state index contributed by atoms with van der Waals surface area (Å²) in [5.41, 5.74) is 1.98. The molecule has 0 aliphatic heterocycles. The van der Waals surface area contributed by atoms with Crippen molar-refractivity contribution in [1.29, 1.82) is 0 Å². The van der Waals surface area contributed by atoms with E-state index in [0.29, 0.717) is 11.3 Å². The van der Waals surface area contributed by atoms with Crippen molar-refractivity contribution in [2.24, 2.45) is 5.41 Å². The third-order valence-corrected chi connectivity index (χ3v) is 4.33. The van der Waals surface area contributed by atoms with Crippen molar-refractivity contribution in [3.05, 3.63) is 35.9 Å². The largest absolute Gasteiger partial charge is 0.0648 e. The summed E-state index contributed by atoms with van der Waals surface area (Å²) in [7, 11) is 0. The number of hydrogen-bond donors (Lipinski definition) is 0. The molecule has 1 rings (SSSR count). The van der Waals surface area contributed by atoms with Crippen LogP contribution in [0.4, 0.5) is 0 Å². The molecule has 0 N–H and O–H groups in total. The summed E-state index contributed by atoms with van der Waals surface area (Å²) in [6.45, 7) is 9.36. The van der Waals surface area contributed by atoms with Gasteiger partial charge in [-0.1, -0.05) is 58.0 Å². The Labute approximate surface area is 94.7 Å². The highest BCUT2D eigenvalue weighted by Crippen LogP contribution is 2.44. The minimum absolute atomic E-state index is 0.487. The van der Waals surface area contributed by atoms with Gasteiger partial charge >= 0.3 is 0 Å². The highest BCUT2D eigenvalue weighted by Gasteiger charge is 2.31. The molecule has 1 aromatic rings. The van der Waals surface area contributed by atoms with Crippen molar-refractivity contribution in [2.45, 2.75) is 52.9 Å². The Morgan fingerprint density at radius 1 is 0.933 bits per heavy atom. The van der Waals surface area contributed by atoms with Gasteiger partial charge < -0.3 is 0 Å². The summed E-state index contributed by atoms with van der Waals surface area (Å²) in [6, 6.07) is 10.9. The van der Waals surface area contributed by atoms with E-state index in [-0.39, 0.29) is 0 Å². The van der Waals surface area contributed by atoms with Crippen molar-refractivity contribution in [3.8, 4) is 0 Å². The van der Waals surface area contributed by atoms with E-state index in [4.69, 9.17) is 0 Å². The van der Waals surface area contributed by atoms with Crippen molar-refractivity contribution >= 4 is 0 Å². The Hall–Kier alpha value is -0.780. The second-order valence-corrected chi connectivity index (χ2v) is 4.56. The van der Waals surface area contributed by atoms with Gasteiger partial charge in [0.25, 0.3) is 0 Å². The Morgan fingerprint density at radius 2 is 1.40 bits per heavy atom. The van der Waals surface area contributed by atoms with Crippen LogP contribution < -0.4 is 0 Å². The maximum Gasteiger partial charge on any atom is -0.0134 e. The van der Waals surface area contributed by atoms with Gasteiger partial charge in [-0.05, 0) is 36.2 Å². The lowest BCUT2D eigenvalue weighted by atomic mass is 9.68. The van der Waals surface area contributed by atoms with Crippen LogP contribution in [0.25, 0.3) is 0 Å². The first-order chi connectivity index (χ1) is 7.20. The first kappa shape index (κ1) is 12.3. The normalized spacial score (nSPS) is 13.9. The fourth-order valence-corrected chi connectivity index (χ4v) is 2.76. The maximum atomic E-state index is 2.38. The van der Waals surface area contributed by atoms with Gasteiger partial charge in [0.2, 0.25) is 0 Å². The second kappa shape index (κ2) is 5.34. The smallest absolute Gasteiger partial charge is 0.0134 e. The van der Waals surface area contributed by atoms with Gasteiger partial charge in [0.1, 0.15) is 0 Å². The standard InChI is InChI=1S/C15H24/c1-5-15(6-2,7-3)13(4)14-11-9-8-10-12-14/h8-13H,5-7H2,1-4H3. The maximum absolute atomic E-state index is 2.38. The van der Waals surface area contributed by atoms with E-state index in [1.54, 1.807) is 0 Å². The average Bonchev–Trinajstić information content (AvgIpc) is 2.33. The predicted octanol–water partition coefficient (Wildman–Crippen LogP) is 5.01. The van der Waals surface area contributed by atoms with Gasteiger partial charge in [-0.15, -0.1) is 0 Å². The summed E-state index contributed by atoms with van der Waals surface area (Å²) < 4.78 is 0. The second-order valence-electron chi connectivity index (χ2n) is 4.56. The molecule has 0 nitrogen and oxygen atoms in total. The minimum Gasteiger partial charge on any atom is -0.0648 e. The molecule has 0 amide bonds. The quantitative estimate of drug-likeness (QED) is 0.632. The first-order valence-electron chi connectivity index (χ1n) is 6.25. The zero-order valence-electron chi connectivity index (χ0n) is 10.6. The molecule has 0 aliphatic rings. The first-order valence-corrected chi connectivity index (χ1v) is 6.25. The molecule has 1 aromatic carbocycles. The van der Waals surface area contributed by atoms with Crippen LogP contribution in [0, 0.1) is 5.41 Å². The highest BCUT2D eigenvalue weighted by atomic mass is 14.4. The van der Waals surface area contributed by atoms with Gasteiger partial charge in [0, 0.05) is 0 Å². The van der Waals surface area contributed by atoms with Crippen LogP contribution in [0.3, 0.4) is 0 Å². The molecule has 0 fully saturated rings. The van der Waals surface area contributed by atoms with Gasteiger partial charge in [-0.2, -0.15) is 0 Å². The van der Waals surface area contributed by atoms with Gasteiger partial charge in [-0.25, -0.2) is 0 Å². The molecule has 84 valence electrons. The number of rotatable bonds is 5. The fourth-order valence-electron chi connectivity index (χ4n) is 2.76. The Kier molecular flexibility index (Phi) is 4.38. The monoisotopic (exact) mass is 204 g/mol. The Balaban J connectivity index is 2.95. The van der Waals surface area contributed by atoms with Crippen LogP contribution in [-0.2, 0) is 0 Å². The van der Waals surface area contributed by atoms with Crippen molar-refractivity contribution < 1.29 is 0 Å². The molecular formula is C15H24. The minimum atomic E-state index is 0.487. The van der Waals surface area contributed by atoms with E-state index in [0.717, 1.165) is 0 Å². The van der Waals surface area contributed by atoms with Gasteiger partial charge in [-0.3, -0.25) is 0 Å². The van der Waals surface area contributed by atoms with E-state index < -0.39 is 0 Å². The third kappa shape index (κ3) is 2.42. The summed E-state index contributed by atoms with van der Waals surface area (Å²) in [4.78, 5) is 0. The lowest BCUT2D eigenvalue weighted by Gasteiger charge is -2.37. The van der Waals surface area contributed by atoms with Gasteiger partial charge in [0.15, 0.2) is 0 Å². The van der Waals surface area contributed by atoms with E-state index in [9.17, 15) is 0 Å². The predicted molar refractivity (Wildman–Crippen MR) is 68.2 cm³/mol. The van der Waals surface area contributed by atoms with Crippen LogP contribution in [0.15, 0.2) is 30.3 Å². The molecule has 0 heteroatoms. The molecule has 0 radical (unpaired) electrons. The zero-order chi connectivity index (χ0) is 11.3. The van der Waals surface area contributed by atoms with Crippen molar-refractivity contribution in [1.82, 2.24) is 0 Å². The van der Waals surface area contributed by atoms with Crippen LogP contribution >= 0.6 is 0 Å². The van der Waals surface area contributed by atoms with Crippen molar-refractivity contribution in [2.75, 3.05) is 0 Å². The Morgan fingerprint density at radius 3 is 1.80 bits per heavy atom. The molecule has 1 unspecified atom stereocenters. The van der Waals surface area contributed by atoms with Crippen LogP contribution in [0.2, 0.25) is 0 Å². The molecule has 15 heavy (non-hydrogen) atoms. The SMILES string of the molecule is CCC(CC)(CC)C(C)c1ccccc1. The third-order valence-electron chi connectivity index (χ3n) is 4.33. The topological polar surface area (TPSA) is 0 Å². The molecule has 0 saturated heterocycles. The number of hydrogen-bond acceptors (Lipinski definition) is 0. The van der Waals surface area contributed by atoms with E-state index in [2.05, 4.69) is 58.0 Å². The van der Waals surface area contributed by atoms with E-state index in [1.807, 2.05) is 0 Å². The summed E-state index contributed by atoms with van der Waals surface area (Å²) in [5.74, 6) is 0.665. The van der Waals surface area contributed by atoms with Gasteiger partial charge in [0.05, 0.1) is 0 Å². The average molecular weight is 204 g/mol. The highest BCUT2D eigenvalue weighted by molar-refractivity contribution is 5.21. The summed E-state index contributed by atoms with van der Waals surface area (Å²) in [5, 5.41) is 0. The van der Waals surface area contributed by atoms with E-state index >= 15 is 0 Å². The summed E-state index contributed by atoms with van der Waals surface area (Å²) >= 11 is 0. The fraction of sp³-hybridized carbons (Fsp3) is 0.600. The Bertz CT molecular complexity index is 261.